The Bertz CT molecular complexity index is 1600. The van der Waals surface area contributed by atoms with Gasteiger partial charge in [-0.25, -0.2) is 0 Å². The van der Waals surface area contributed by atoms with Gasteiger partial charge in [0, 0.05) is 33.6 Å². The van der Waals surface area contributed by atoms with Crippen LogP contribution in [0, 0.1) is 6.92 Å². The van der Waals surface area contributed by atoms with Crippen molar-refractivity contribution in [1.82, 2.24) is 0 Å². The summed E-state index contributed by atoms with van der Waals surface area (Å²) in [4.78, 5) is 2.50. The first-order valence-corrected chi connectivity index (χ1v) is 11.5. The van der Waals surface area contributed by atoms with Gasteiger partial charge in [-0.3, -0.25) is 0 Å². The molecule has 2 aliphatic rings. The summed E-state index contributed by atoms with van der Waals surface area (Å²) in [5.74, 6) is 0.334. The van der Waals surface area contributed by atoms with Gasteiger partial charge in [0.25, 0.3) is 0 Å². The molecule has 33 heavy (non-hydrogen) atoms. The van der Waals surface area contributed by atoms with Crippen molar-refractivity contribution < 1.29 is 4.42 Å². The van der Waals surface area contributed by atoms with Gasteiger partial charge in [0.05, 0.1) is 6.04 Å². The minimum atomic E-state index is 0.226. The third-order valence-electron chi connectivity index (χ3n) is 7.05. The number of hydrogen-bond acceptors (Lipinski definition) is 2. The first kappa shape index (κ1) is 18.5. The molecule has 0 radical (unpaired) electrons. The number of hydrogen-bond donors (Lipinski definition) is 0. The van der Waals surface area contributed by atoms with Crippen molar-refractivity contribution in [1.29, 1.82) is 0 Å². The van der Waals surface area contributed by atoms with E-state index >= 15 is 0 Å². The summed E-state index contributed by atoms with van der Waals surface area (Å²) in [5.41, 5.74) is 9.46. The normalized spacial score (nSPS) is 19.1. The van der Waals surface area contributed by atoms with E-state index in [2.05, 4.69) is 109 Å². The maximum Gasteiger partial charge on any atom is 0.143 e. The number of para-hydroxylation sites is 3. The predicted molar refractivity (Wildman–Crippen MR) is 137 cm³/mol. The molecule has 2 heterocycles. The zero-order valence-electron chi connectivity index (χ0n) is 18.4. The Labute approximate surface area is 193 Å². The van der Waals surface area contributed by atoms with Crippen molar-refractivity contribution in [3.63, 3.8) is 0 Å². The molecule has 2 heteroatoms. The van der Waals surface area contributed by atoms with Crippen LogP contribution in [0.25, 0.3) is 27.5 Å². The average molecular weight is 426 g/mol. The van der Waals surface area contributed by atoms with Crippen LogP contribution in [0.15, 0.2) is 114 Å². The van der Waals surface area contributed by atoms with Crippen molar-refractivity contribution >= 4 is 38.9 Å². The fourth-order valence-electron chi connectivity index (χ4n) is 5.58. The molecule has 0 fully saturated rings. The molecule has 0 spiro atoms. The van der Waals surface area contributed by atoms with Gasteiger partial charge in [-0.2, -0.15) is 0 Å². The Morgan fingerprint density at radius 2 is 1.61 bits per heavy atom. The van der Waals surface area contributed by atoms with Gasteiger partial charge < -0.3 is 9.32 Å². The molecule has 2 nitrogen and oxygen atoms in total. The number of rotatable bonds is 2. The highest BCUT2D eigenvalue weighted by molar-refractivity contribution is 6.08. The van der Waals surface area contributed by atoms with E-state index in [1.807, 2.05) is 12.1 Å². The topological polar surface area (TPSA) is 16.4 Å². The number of anilines is 2. The molecule has 158 valence electrons. The number of furan rings is 1. The highest BCUT2D eigenvalue weighted by Crippen LogP contribution is 2.49. The lowest BCUT2D eigenvalue weighted by Crippen LogP contribution is -2.29. The van der Waals surface area contributed by atoms with Crippen LogP contribution < -0.4 is 4.90 Å². The van der Waals surface area contributed by atoms with Crippen LogP contribution in [0.3, 0.4) is 0 Å². The smallest absolute Gasteiger partial charge is 0.143 e. The van der Waals surface area contributed by atoms with Crippen LogP contribution in [0.1, 0.15) is 22.6 Å². The van der Waals surface area contributed by atoms with E-state index in [0.717, 1.165) is 16.7 Å². The van der Waals surface area contributed by atoms with Gasteiger partial charge in [0.15, 0.2) is 0 Å². The molecule has 7 rings (SSSR count). The molecular weight excluding hydrogens is 402 g/mol. The van der Waals surface area contributed by atoms with Crippen LogP contribution in [0.5, 0.6) is 0 Å². The van der Waals surface area contributed by atoms with E-state index in [4.69, 9.17) is 4.42 Å². The molecule has 2 atom stereocenters. The lowest BCUT2D eigenvalue weighted by Gasteiger charge is -2.30. The molecule has 0 saturated carbocycles. The van der Waals surface area contributed by atoms with Crippen LogP contribution >= 0.6 is 0 Å². The van der Waals surface area contributed by atoms with E-state index in [1.165, 1.54) is 38.8 Å². The van der Waals surface area contributed by atoms with Crippen LogP contribution in [-0.4, -0.2) is 6.04 Å². The highest BCUT2D eigenvalue weighted by atomic mass is 16.3. The maximum atomic E-state index is 6.35. The monoisotopic (exact) mass is 425 g/mol. The Morgan fingerprint density at radius 1 is 0.788 bits per heavy atom. The van der Waals surface area contributed by atoms with E-state index in [1.54, 1.807) is 0 Å². The number of fused-ring (bicyclic) bond motifs is 6. The molecule has 0 N–H and O–H groups in total. The minimum Gasteiger partial charge on any atom is -0.455 e. The summed E-state index contributed by atoms with van der Waals surface area (Å²) in [7, 11) is 0. The lowest BCUT2D eigenvalue weighted by molar-refractivity contribution is 0.667. The standard InChI is InChI=1S/C31H23NO/c1-20-8-6-9-22(18-20)32-28-14-4-2-10-24(28)25-17-16-21(19-29(25)32)23-12-7-13-27-26-11-3-5-15-30(26)33-31(23)27/h2-19,25,29H,1H3. The predicted octanol–water partition coefficient (Wildman–Crippen LogP) is 8.15. The second kappa shape index (κ2) is 6.98. The Hall–Kier alpha value is -4.04. The number of nitrogens with zero attached hydrogens (tertiary/aromatic N) is 1. The molecule has 1 aromatic heterocycles. The van der Waals surface area contributed by atoms with Gasteiger partial charge in [-0.05, 0) is 47.9 Å². The van der Waals surface area contributed by atoms with Crippen LogP contribution in [0.2, 0.25) is 0 Å². The van der Waals surface area contributed by atoms with Crippen molar-refractivity contribution in [3.8, 4) is 0 Å². The van der Waals surface area contributed by atoms with E-state index in [-0.39, 0.29) is 6.04 Å². The van der Waals surface area contributed by atoms with Crippen molar-refractivity contribution in [2.24, 2.45) is 0 Å². The Morgan fingerprint density at radius 3 is 2.55 bits per heavy atom. The summed E-state index contributed by atoms with van der Waals surface area (Å²) in [6, 6.07) is 32.6. The molecule has 0 amide bonds. The average Bonchev–Trinajstić information content (AvgIpc) is 3.39. The van der Waals surface area contributed by atoms with Crippen molar-refractivity contribution in [3.05, 3.63) is 126 Å². The van der Waals surface area contributed by atoms with Crippen molar-refractivity contribution in [2.75, 3.05) is 4.90 Å². The summed E-state index contributed by atoms with van der Waals surface area (Å²) < 4.78 is 6.35. The van der Waals surface area contributed by atoms with Crippen molar-refractivity contribution in [2.45, 2.75) is 18.9 Å². The third-order valence-corrected chi connectivity index (χ3v) is 7.05. The summed E-state index contributed by atoms with van der Waals surface area (Å²) >= 11 is 0. The first-order valence-electron chi connectivity index (χ1n) is 11.5. The second-order valence-corrected chi connectivity index (χ2v) is 9.05. The molecule has 0 saturated heterocycles. The minimum absolute atomic E-state index is 0.226. The summed E-state index contributed by atoms with van der Waals surface area (Å²) in [5, 5.41) is 2.34. The Kier molecular flexibility index (Phi) is 3.92. The van der Waals surface area contributed by atoms with Gasteiger partial charge in [-0.15, -0.1) is 0 Å². The van der Waals surface area contributed by atoms with Crippen LogP contribution in [-0.2, 0) is 0 Å². The first-order chi connectivity index (χ1) is 16.3. The SMILES string of the molecule is Cc1cccc(N2c3ccccc3C3C=CC(c4cccc5c4oc4ccccc45)=CC32)c1. The number of benzene rings is 4. The third kappa shape index (κ3) is 2.74. The molecule has 4 aromatic carbocycles. The summed E-state index contributed by atoms with van der Waals surface area (Å²) in [6.07, 6.45) is 7.07. The maximum absolute atomic E-state index is 6.35. The molecule has 0 bridgehead atoms. The molecule has 1 aliphatic carbocycles. The van der Waals surface area contributed by atoms with E-state index in [9.17, 15) is 0 Å². The van der Waals surface area contributed by atoms with Gasteiger partial charge in [0.2, 0.25) is 0 Å². The highest BCUT2D eigenvalue weighted by Gasteiger charge is 2.38. The second-order valence-electron chi connectivity index (χ2n) is 9.05. The number of allylic oxidation sites excluding steroid dienone is 2. The lowest BCUT2D eigenvalue weighted by atomic mass is 9.86. The quantitative estimate of drug-likeness (QED) is 0.284. The zero-order valence-corrected chi connectivity index (χ0v) is 18.4. The number of aryl methyl sites for hydroxylation is 1. The van der Waals surface area contributed by atoms with Gasteiger partial charge in [0.1, 0.15) is 11.2 Å². The molecule has 2 unspecified atom stereocenters. The van der Waals surface area contributed by atoms with E-state index < -0.39 is 0 Å². The molecule has 5 aromatic rings. The van der Waals surface area contributed by atoms with E-state index in [0.29, 0.717) is 5.92 Å². The Balaban J connectivity index is 1.41. The van der Waals surface area contributed by atoms with Crippen LogP contribution in [0.4, 0.5) is 11.4 Å². The molecular formula is C31H23NO. The largest absolute Gasteiger partial charge is 0.455 e. The van der Waals surface area contributed by atoms with Gasteiger partial charge in [-0.1, -0.05) is 85.0 Å². The fraction of sp³-hybridized carbons (Fsp3) is 0.0968. The van der Waals surface area contributed by atoms with Gasteiger partial charge >= 0.3 is 0 Å². The zero-order chi connectivity index (χ0) is 21.9. The molecule has 1 aliphatic heterocycles. The fourth-order valence-corrected chi connectivity index (χ4v) is 5.58. The summed E-state index contributed by atoms with van der Waals surface area (Å²) in [6.45, 7) is 2.16.